The molecule has 0 saturated carbocycles. The molecular weight excluding hydrogens is 462 g/mol. The van der Waals surface area contributed by atoms with E-state index in [4.69, 9.17) is 21.1 Å². The monoisotopic (exact) mass is 492 g/mol. The fourth-order valence-corrected chi connectivity index (χ4v) is 4.08. The summed E-state index contributed by atoms with van der Waals surface area (Å²) >= 11 is 6.51. The van der Waals surface area contributed by atoms with E-state index in [1.807, 2.05) is 19.1 Å². The van der Waals surface area contributed by atoms with Crippen LogP contribution in [0.3, 0.4) is 0 Å². The highest BCUT2D eigenvalue weighted by Gasteiger charge is 2.22. The van der Waals surface area contributed by atoms with E-state index in [0.29, 0.717) is 35.8 Å². The number of nitrogens with zero attached hydrogens (tertiary/aromatic N) is 1. The van der Waals surface area contributed by atoms with Gasteiger partial charge in [0.2, 0.25) is 0 Å². The predicted molar refractivity (Wildman–Crippen MR) is 130 cm³/mol. The standard InChI is InChI=1S/C23H30ClFN2O2.2ClH/c1-3-27-11-5-6-20(27)15-26-14-18-12-21(24)23(22(13-18)28-4-2)29-16-17-7-9-19(25)10-8-17;;/h7-10,12-13,20,26H,3-6,11,14-16H2,1-2H3;2*1H. The Morgan fingerprint density at radius 2 is 1.84 bits per heavy atom. The maximum absolute atomic E-state index is 13.1. The van der Waals surface area contributed by atoms with Crippen LogP contribution in [0.1, 0.15) is 37.8 Å². The number of halogens is 4. The van der Waals surface area contributed by atoms with Crippen molar-refractivity contribution in [1.29, 1.82) is 0 Å². The Hall–Kier alpha value is -1.24. The molecule has 1 aliphatic rings. The third kappa shape index (κ3) is 7.99. The normalized spacial score (nSPS) is 15.8. The van der Waals surface area contributed by atoms with Gasteiger partial charge in [0.1, 0.15) is 12.4 Å². The first kappa shape index (κ1) is 27.8. The van der Waals surface area contributed by atoms with Crippen LogP contribution in [0.5, 0.6) is 11.5 Å². The quantitative estimate of drug-likeness (QED) is 0.448. The molecule has 2 aromatic carbocycles. The van der Waals surface area contributed by atoms with Gasteiger partial charge in [0.15, 0.2) is 11.5 Å². The molecule has 0 spiro atoms. The second kappa shape index (κ2) is 14.0. The van der Waals surface area contributed by atoms with Gasteiger partial charge in [0.05, 0.1) is 11.6 Å². The first-order chi connectivity index (χ1) is 14.1. The fourth-order valence-electron chi connectivity index (χ4n) is 3.79. The molecule has 0 radical (unpaired) electrons. The van der Waals surface area contributed by atoms with Crippen LogP contribution in [-0.2, 0) is 13.2 Å². The van der Waals surface area contributed by atoms with Crippen LogP contribution < -0.4 is 14.8 Å². The van der Waals surface area contributed by atoms with Crippen molar-refractivity contribution in [2.45, 2.75) is 45.9 Å². The highest BCUT2D eigenvalue weighted by atomic mass is 35.5. The number of likely N-dealkylation sites (tertiary alicyclic amines) is 1. The lowest BCUT2D eigenvalue weighted by molar-refractivity contribution is 0.259. The molecule has 174 valence electrons. The number of benzene rings is 2. The van der Waals surface area contributed by atoms with Gasteiger partial charge >= 0.3 is 0 Å². The minimum atomic E-state index is -0.265. The first-order valence-electron chi connectivity index (χ1n) is 10.4. The Balaban J connectivity index is 0.00000240. The highest BCUT2D eigenvalue weighted by molar-refractivity contribution is 6.32. The largest absolute Gasteiger partial charge is 0.490 e. The van der Waals surface area contributed by atoms with Gasteiger partial charge in [-0.1, -0.05) is 30.7 Å². The highest BCUT2D eigenvalue weighted by Crippen LogP contribution is 2.37. The van der Waals surface area contributed by atoms with E-state index < -0.39 is 0 Å². The molecule has 1 N–H and O–H groups in total. The maximum atomic E-state index is 13.1. The molecule has 1 aliphatic heterocycles. The third-order valence-corrected chi connectivity index (χ3v) is 5.56. The van der Waals surface area contributed by atoms with Crippen molar-refractivity contribution in [3.05, 3.63) is 58.4 Å². The van der Waals surface area contributed by atoms with Gasteiger partial charge in [0, 0.05) is 19.1 Å². The molecule has 1 unspecified atom stereocenters. The molecule has 8 heteroatoms. The molecule has 1 heterocycles. The summed E-state index contributed by atoms with van der Waals surface area (Å²) in [7, 11) is 0. The van der Waals surface area contributed by atoms with Gasteiger partial charge in [-0.25, -0.2) is 4.39 Å². The van der Waals surface area contributed by atoms with E-state index in [1.54, 1.807) is 12.1 Å². The van der Waals surface area contributed by atoms with Crippen molar-refractivity contribution >= 4 is 36.4 Å². The molecule has 0 aliphatic carbocycles. The number of rotatable bonds is 10. The molecule has 0 bridgehead atoms. The summed E-state index contributed by atoms with van der Waals surface area (Å²) in [6.07, 6.45) is 2.53. The smallest absolute Gasteiger partial charge is 0.180 e. The van der Waals surface area contributed by atoms with E-state index in [-0.39, 0.29) is 30.6 Å². The van der Waals surface area contributed by atoms with Gasteiger partial charge in [-0.3, -0.25) is 4.90 Å². The lowest BCUT2D eigenvalue weighted by atomic mass is 10.1. The van der Waals surface area contributed by atoms with Crippen LogP contribution >= 0.6 is 36.4 Å². The predicted octanol–water partition coefficient (Wildman–Crippen LogP) is 5.87. The molecule has 1 fully saturated rings. The molecular formula is C23H32Cl3FN2O2. The maximum Gasteiger partial charge on any atom is 0.180 e. The fraction of sp³-hybridized carbons (Fsp3) is 0.478. The lowest BCUT2D eigenvalue weighted by Gasteiger charge is -2.23. The molecule has 1 saturated heterocycles. The summed E-state index contributed by atoms with van der Waals surface area (Å²) < 4.78 is 24.8. The van der Waals surface area contributed by atoms with Crippen LogP contribution in [-0.4, -0.2) is 37.2 Å². The number of hydrogen-bond donors (Lipinski definition) is 1. The molecule has 4 nitrogen and oxygen atoms in total. The van der Waals surface area contributed by atoms with Crippen LogP contribution in [0, 0.1) is 5.82 Å². The van der Waals surface area contributed by atoms with E-state index in [1.165, 1.54) is 31.5 Å². The summed E-state index contributed by atoms with van der Waals surface area (Å²) in [5, 5.41) is 4.07. The zero-order valence-corrected chi connectivity index (χ0v) is 20.4. The minimum Gasteiger partial charge on any atom is -0.490 e. The minimum absolute atomic E-state index is 0. The van der Waals surface area contributed by atoms with Gasteiger partial charge < -0.3 is 14.8 Å². The molecule has 31 heavy (non-hydrogen) atoms. The Morgan fingerprint density at radius 1 is 1.10 bits per heavy atom. The zero-order chi connectivity index (χ0) is 20.6. The van der Waals surface area contributed by atoms with Gasteiger partial charge in [0.25, 0.3) is 0 Å². The van der Waals surface area contributed by atoms with Crippen molar-refractivity contribution in [3.8, 4) is 11.5 Å². The average molecular weight is 494 g/mol. The van der Waals surface area contributed by atoms with Gasteiger partial charge in [-0.15, -0.1) is 24.8 Å². The van der Waals surface area contributed by atoms with E-state index >= 15 is 0 Å². The number of ether oxygens (including phenoxy) is 2. The zero-order valence-electron chi connectivity index (χ0n) is 18.0. The van der Waals surface area contributed by atoms with Crippen molar-refractivity contribution in [2.75, 3.05) is 26.2 Å². The van der Waals surface area contributed by atoms with Crippen molar-refractivity contribution in [3.63, 3.8) is 0 Å². The number of nitrogens with one attached hydrogen (secondary N) is 1. The Kier molecular flexibility index (Phi) is 12.6. The van der Waals surface area contributed by atoms with Crippen LogP contribution in [0.4, 0.5) is 4.39 Å². The first-order valence-corrected chi connectivity index (χ1v) is 10.8. The Morgan fingerprint density at radius 3 is 2.52 bits per heavy atom. The number of likely N-dealkylation sites (N-methyl/N-ethyl adjacent to an activating group) is 1. The molecule has 0 amide bonds. The molecule has 0 aromatic heterocycles. The van der Waals surface area contributed by atoms with Gasteiger partial charge in [-0.05, 0) is 68.2 Å². The van der Waals surface area contributed by atoms with E-state index in [2.05, 4.69) is 17.1 Å². The van der Waals surface area contributed by atoms with Crippen molar-refractivity contribution in [1.82, 2.24) is 10.2 Å². The average Bonchev–Trinajstić information content (AvgIpc) is 3.16. The second-order valence-corrected chi connectivity index (χ2v) is 7.72. The summed E-state index contributed by atoms with van der Waals surface area (Å²) in [4.78, 5) is 2.53. The Labute approximate surface area is 202 Å². The lowest BCUT2D eigenvalue weighted by Crippen LogP contribution is -2.37. The summed E-state index contributed by atoms with van der Waals surface area (Å²) in [5.41, 5.74) is 1.93. The Bertz CT molecular complexity index is 793. The van der Waals surface area contributed by atoms with E-state index in [0.717, 1.165) is 30.8 Å². The SMILES string of the molecule is CCOc1cc(CNCC2CCCN2CC)cc(Cl)c1OCc1ccc(F)cc1.Cl.Cl. The van der Waals surface area contributed by atoms with E-state index in [9.17, 15) is 4.39 Å². The summed E-state index contributed by atoms with van der Waals surface area (Å²) in [6, 6.07) is 10.7. The molecule has 2 aromatic rings. The van der Waals surface area contributed by atoms with Crippen molar-refractivity contribution in [2.24, 2.45) is 0 Å². The number of hydrogen-bond acceptors (Lipinski definition) is 4. The van der Waals surface area contributed by atoms with Crippen LogP contribution in [0.25, 0.3) is 0 Å². The van der Waals surface area contributed by atoms with Crippen molar-refractivity contribution < 1.29 is 13.9 Å². The summed E-state index contributed by atoms with van der Waals surface area (Å²) in [6.45, 7) is 8.97. The van der Waals surface area contributed by atoms with Gasteiger partial charge in [-0.2, -0.15) is 0 Å². The molecule has 1 atom stereocenters. The molecule has 3 rings (SSSR count). The van der Waals surface area contributed by atoms with Crippen LogP contribution in [0.2, 0.25) is 5.02 Å². The summed E-state index contributed by atoms with van der Waals surface area (Å²) in [5.74, 6) is 0.891. The topological polar surface area (TPSA) is 33.7 Å². The van der Waals surface area contributed by atoms with Crippen LogP contribution in [0.15, 0.2) is 36.4 Å². The third-order valence-electron chi connectivity index (χ3n) is 5.28. The second-order valence-electron chi connectivity index (χ2n) is 7.31.